The van der Waals surface area contributed by atoms with Gasteiger partial charge in [0.05, 0.1) is 17.8 Å². The molecule has 26 heavy (non-hydrogen) atoms. The van der Waals surface area contributed by atoms with Crippen LogP contribution in [0.25, 0.3) is 11.0 Å². The highest BCUT2D eigenvalue weighted by molar-refractivity contribution is 5.74. The summed E-state index contributed by atoms with van der Waals surface area (Å²) in [6, 6.07) is 8.59. The van der Waals surface area contributed by atoms with Crippen LogP contribution in [0, 0.1) is 0 Å². The van der Waals surface area contributed by atoms with Crippen molar-refractivity contribution in [3.05, 3.63) is 51.9 Å². The SMILES string of the molecule is CC1(C)CC(Nc2nc3c(cnn3C(C)(C)C)c(=O)[nH]2)c2ccccc21. The maximum Gasteiger partial charge on any atom is 0.263 e. The summed E-state index contributed by atoms with van der Waals surface area (Å²) in [6.45, 7) is 10.6. The first-order chi connectivity index (χ1) is 12.2. The summed E-state index contributed by atoms with van der Waals surface area (Å²) >= 11 is 0. The van der Waals surface area contributed by atoms with Gasteiger partial charge in [0, 0.05) is 0 Å². The number of fused-ring (bicyclic) bond motifs is 2. The molecule has 1 unspecified atom stereocenters. The predicted octanol–water partition coefficient (Wildman–Crippen LogP) is 3.71. The molecule has 0 aliphatic heterocycles. The van der Waals surface area contributed by atoms with E-state index in [-0.39, 0.29) is 22.6 Å². The van der Waals surface area contributed by atoms with Crippen LogP contribution < -0.4 is 10.9 Å². The molecular formula is C20H25N5O. The Kier molecular flexibility index (Phi) is 3.51. The Labute approximate surface area is 152 Å². The van der Waals surface area contributed by atoms with Gasteiger partial charge in [-0.1, -0.05) is 38.1 Å². The van der Waals surface area contributed by atoms with E-state index in [1.165, 1.54) is 11.1 Å². The highest BCUT2D eigenvalue weighted by atomic mass is 16.1. The molecule has 0 bridgehead atoms. The number of nitrogens with one attached hydrogen (secondary N) is 2. The molecule has 0 saturated heterocycles. The summed E-state index contributed by atoms with van der Waals surface area (Å²) in [5, 5.41) is 8.32. The standard InChI is InChI=1S/C20H25N5O/c1-19(2,3)25-16-13(11-21-25)17(26)24-18(23-16)22-15-10-20(4,5)14-9-7-6-8-12(14)15/h6-9,11,15H,10H2,1-5H3,(H2,22,23,24,26). The number of hydrogen-bond acceptors (Lipinski definition) is 4. The quantitative estimate of drug-likeness (QED) is 0.738. The average molecular weight is 351 g/mol. The number of aromatic amines is 1. The van der Waals surface area contributed by atoms with Gasteiger partial charge in [-0.05, 0) is 43.7 Å². The topological polar surface area (TPSA) is 75.6 Å². The second-order valence-corrected chi connectivity index (χ2v) is 8.75. The van der Waals surface area contributed by atoms with E-state index < -0.39 is 0 Å². The normalized spacial score (nSPS) is 18.9. The van der Waals surface area contributed by atoms with Gasteiger partial charge in [0.15, 0.2) is 5.65 Å². The van der Waals surface area contributed by atoms with E-state index in [1.54, 1.807) is 10.9 Å². The molecule has 3 aromatic rings. The maximum absolute atomic E-state index is 12.5. The second-order valence-electron chi connectivity index (χ2n) is 8.75. The summed E-state index contributed by atoms with van der Waals surface area (Å²) in [4.78, 5) is 20.0. The zero-order chi connectivity index (χ0) is 18.7. The van der Waals surface area contributed by atoms with Crippen molar-refractivity contribution >= 4 is 17.0 Å². The number of nitrogens with zero attached hydrogens (tertiary/aromatic N) is 3. The van der Waals surface area contributed by atoms with E-state index in [1.807, 2.05) is 20.8 Å². The van der Waals surface area contributed by atoms with Crippen molar-refractivity contribution in [2.24, 2.45) is 0 Å². The van der Waals surface area contributed by atoms with E-state index in [9.17, 15) is 4.79 Å². The van der Waals surface area contributed by atoms with Crippen LogP contribution in [0.1, 0.15) is 58.2 Å². The Hall–Kier alpha value is -2.63. The second kappa shape index (κ2) is 5.43. The summed E-state index contributed by atoms with van der Waals surface area (Å²) in [5.41, 5.74) is 2.89. The minimum absolute atomic E-state index is 0.0891. The van der Waals surface area contributed by atoms with Gasteiger partial charge in [-0.25, -0.2) is 4.68 Å². The summed E-state index contributed by atoms with van der Waals surface area (Å²) in [7, 11) is 0. The van der Waals surface area contributed by atoms with Crippen LogP contribution in [0.4, 0.5) is 5.95 Å². The highest BCUT2D eigenvalue weighted by Gasteiger charge is 2.36. The highest BCUT2D eigenvalue weighted by Crippen LogP contribution is 2.45. The Balaban J connectivity index is 1.76. The molecule has 1 aliphatic rings. The van der Waals surface area contributed by atoms with Gasteiger partial charge in [-0.15, -0.1) is 0 Å². The average Bonchev–Trinajstić information content (AvgIpc) is 3.08. The van der Waals surface area contributed by atoms with E-state index in [0.29, 0.717) is 17.0 Å². The van der Waals surface area contributed by atoms with E-state index in [0.717, 1.165) is 6.42 Å². The van der Waals surface area contributed by atoms with Gasteiger partial charge in [-0.3, -0.25) is 9.78 Å². The molecule has 1 aromatic carbocycles. The monoisotopic (exact) mass is 351 g/mol. The van der Waals surface area contributed by atoms with E-state index in [4.69, 9.17) is 0 Å². The molecule has 0 spiro atoms. The van der Waals surface area contributed by atoms with Gasteiger partial charge >= 0.3 is 0 Å². The molecule has 0 saturated carbocycles. The van der Waals surface area contributed by atoms with Gasteiger partial charge in [0.1, 0.15) is 5.39 Å². The zero-order valence-corrected chi connectivity index (χ0v) is 15.9. The fraction of sp³-hybridized carbons (Fsp3) is 0.450. The van der Waals surface area contributed by atoms with E-state index >= 15 is 0 Å². The fourth-order valence-corrected chi connectivity index (χ4v) is 3.92. The van der Waals surface area contributed by atoms with Crippen molar-refractivity contribution in [1.29, 1.82) is 0 Å². The first-order valence-corrected chi connectivity index (χ1v) is 9.01. The van der Waals surface area contributed by atoms with Gasteiger partial charge in [0.25, 0.3) is 5.56 Å². The molecule has 136 valence electrons. The zero-order valence-electron chi connectivity index (χ0n) is 15.9. The number of aromatic nitrogens is 4. The number of H-pyrrole nitrogens is 1. The molecule has 0 fully saturated rings. The van der Waals surface area contributed by atoms with Crippen LogP contribution in [0.3, 0.4) is 0 Å². The van der Waals surface area contributed by atoms with E-state index in [2.05, 4.69) is 58.5 Å². The first kappa shape index (κ1) is 16.8. The summed E-state index contributed by atoms with van der Waals surface area (Å²) < 4.78 is 1.80. The molecule has 6 nitrogen and oxygen atoms in total. The Morgan fingerprint density at radius 2 is 2.00 bits per heavy atom. The molecule has 2 aromatic heterocycles. The van der Waals surface area contributed by atoms with Crippen LogP contribution in [0.15, 0.2) is 35.3 Å². The minimum Gasteiger partial charge on any atom is -0.349 e. The molecule has 2 N–H and O–H groups in total. The van der Waals surface area contributed by atoms with Crippen LogP contribution in [0.5, 0.6) is 0 Å². The first-order valence-electron chi connectivity index (χ1n) is 9.01. The lowest BCUT2D eigenvalue weighted by molar-refractivity contribution is 0.366. The molecule has 0 radical (unpaired) electrons. The molecule has 0 amide bonds. The molecule has 1 aliphatic carbocycles. The van der Waals surface area contributed by atoms with Crippen LogP contribution >= 0.6 is 0 Å². The Morgan fingerprint density at radius 3 is 2.73 bits per heavy atom. The third-order valence-corrected chi connectivity index (χ3v) is 5.16. The van der Waals surface area contributed by atoms with Crippen molar-refractivity contribution in [2.45, 2.75) is 58.0 Å². The van der Waals surface area contributed by atoms with Crippen LogP contribution in [-0.2, 0) is 11.0 Å². The number of hydrogen-bond donors (Lipinski definition) is 2. The van der Waals surface area contributed by atoms with Crippen molar-refractivity contribution in [2.75, 3.05) is 5.32 Å². The lowest BCUT2D eigenvalue weighted by atomic mass is 9.86. The number of benzene rings is 1. The van der Waals surface area contributed by atoms with Crippen molar-refractivity contribution in [3.63, 3.8) is 0 Å². The number of rotatable bonds is 2. The minimum atomic E-state index is -0.248. The third kappa shape index (κ3) is 2.60. The summed E-state index contributed by atoms with van der Waals surface area (Å²) in [6.07, 6.45) is 2.54. The molecule has 6 heteroatoms. The third-order valence-electron chi connectivity index (χ3n) is 5.16. The molecular weight excluding hydrogens is 326 g/mol. The smallest absolute Gasteiger partial charge is 0.263 e. The van der Waals surface area contributed by atoms with Gasteiger partial charge < -0.3 is 5.32 Å². The van der Waals surface area contributed by atoms with Crippen LogP contribution in [-0.4, -0.2) is 19.7 Å². The fourth-order valence-electron chi connectivity index (χ4n) is 3.92. The lowest BCUT2D eigenvalue weighted by Gasteiger charge is -2.21. The van der Waals surface area contributed by atoms with Crippen molar-refractivity contribution in [3.8, 4) is 0 Å². The van der Waals surface area contributed by atoms with Crippen LogP contribution in [0.2, 0.25) is 0 Å². The lowest BCUT2D eigenvalue weighted by Crippen LogP contribution is -2.24. The molecule has 1 atom stereocenters. The van der Waals surface area contributed by atoms with Gasteiger partial charge in [-0.2, -0.15) is 10.1 Å². The van der Waals surface area contributed by atoms with Crippen molar-refractivity contribution < 1.29 is 0 Å². The molecule has 4 rings (SSSR count). The summed E-state index contributed by atoms with van der Waals surface area (Å²) in [5.74, 6) is 0.492. The predicted molar refractivity (Wildman–Crippen MR) is 104 cm³/mol. The maximum atomic E-state index is 12.5. The van der Waals surface area contributed by atoms with Gasteiger partial charge in [0.2, 0.25) is 5.95 Å². The Bertz CT molecular complexity index is 1040. The largest absolute Gasteiger partial charge is 0.349 e. The van der Waals surface area contributed by atoms with Crippen molar-refractivity contribution in [1.82, 2.24) is 19.7 Å². The Morgan fingerprint density at radius 1 is 1.27 bits per heavy atom. The molecule has 2 heterocycles. The number of anilines is 1.